The van der Waals surface area contributed by atoms with E-state index in [2.05, 4.69) is 5.32 Å². The Labute approximate surface area is 178 Å². The van der Waals surface area contributed by atoms with Gasteiger partial charge >= 0.3 is 12.1 Å². The quantitative estimate of drug-likeness (QED) is 0.541. The van der Waals surface area contributed by atoms with Crippen LogP contribution in [0.15, 0.2) is 0 Å². The predicted molar refractivity (Wildman–Crippen MR) is 110 cm³/mol. The Morgan fingerprint density at radius 1 is 1.30 bits per heavy atom. The minimum absolute atomic E-state index is 0.142. The largest absolute Gasteiger partial charge is 0.481 e. The van der Waals surface area contributed by atoms with E-state index in [1.807, 2.05) is 6.92 Å². The fourth-order valence-electron chi connectivity index (χ4n) is 4.48. The highest BCUT2D eigenvalue weighted by atomic mass is 16.6. The second kappa shape index (κ2) is 9.76. The van der Waals surface area contributed by atoms with Crippen LogP contribution >= 0.6 is 0 Å². The molecule has 0 aromatic rings. The Bertz CT molecular complexity index is 660. The number of likely N-dealkylation sites (tertiary alicyclic amines) is 1. The van der Waals surface area contributed by atoms with Gasteiger partial charge in [0.25, 0.3) is 0 Å². The minimum Gasteiger partial charge on any atom is -0.481 e. The van der Waals surface area contributed by atoms with Crippen molar-refractivity contribution in [2.45, 2.75) is 90.0 Å². The molecule has 0 radical (unpaired) electrons. The van der Waals surface area contributed by atoms with Crippen molar-refractivity contribution < 1.29 is 33.8 Å². The molecule has 1 aliphatic rings. The summed E-state index contributed by atoms with van der Waals surface area (Å²) < 4.78 is 11.3. The summed E-state index contributed by atoms with van der Waals surface area (Å²) in [5.41, 5.74) is -3.56. The van der Waals surface area contributed by atoms with Crippen LogP contribution in [0.25, 0.3) is 0 Å². The van der Waals surface area contributed by atoms with Gasteiger partial charge in [-0.1, -0.05) is 13.3 Å². The summed E-state index contributed by atoms with van der Waals surface area (Å²) >= 11 is 0. The maximum absolute atomic E-state index is 12.9. The van der Waals surface area contributed by atoms with Gasteiger partial charge in [0.2, 0.25) is 5.91 Å². The first-order valence-corrected chi connectivity index (χ1v) is 10.3. The average Bonchev–Trinajstić information content (AvgIpc) is 2.98. The van der Waals surface area contributed by atoms with Gasteiger partial charge in [-0.25, -0.2) is 4.79 Å². The van der Waals surface area contributed by atoms with E-state index < -0.39 is 47.2 Å². The number of ether oxygens (including phenoxy) is 2. The summed E-state index contributed by atoms with van der Waals surface area (Å²) in [6.45, 7) is 10.3. The van der Waals surface area contributed by atoms with Gasteiger partial charge in [-0.3, -0.25) is 14.5 Å². The zero-order valence-corrected chi connectivity index (χ0v) is 19.1. The molecule has 0 aliphatic carbocycles. The molecule has 4 atom stereocenters. The molecular weight excluding hydrogens is 392 g/mol. The third-order valence-corrected chi connectivity index (χ3v) is 5.78. The van der Waals surface area contributed by atoms with Crippen molar-refractivity contribution in [3.63, 3.8) is 0 Å². The molecule has 0 unspecified atom stereocenters. The molecule has 1 heterocycles. The molecule has 0 bridgehead atoms. The van der Waals surface area contributed by atoms with Gasteiger partial charge in [-0.2, -0.15) is 0 Å². The van der Waals surface area contributed by atoms with Crippen LogP contribution in [0.2, 0.25) is 0 Å². The van der Waals surface area contributed by atoms with E-state index in [-0.39, 0.29) is 12.5 Å². The Balaban J connectivity index is 3.52. The van der Waals surface area contributed by atoms with Crippen molar-refractivity contribution in [3.05, 3.63) is 0 Å². The van der Waals surface area contributed by atoms with E-state index in [0.29, 0.717) is 19.1 Å². The molecule has 0 aromatic heterocycles. The highest BCUT2D eigenvalue weighted by molar-refractivity contribution is 5.84. The number of hydrogen-bond donors (Lipinski definition) is 2. The predicted octanol–water partition coefficient (Wildman–Crippen LogP) is 2.37. The van der Waals surface area contributed by atoms with E-state index >= 15 is 0 Å². The number of carboxylic acid groups (broad SMARTS) is 1. The first-order valence-electron chi connectivity index (χ1n) is 10.3. The second-order valence-corrected chi connectivity index (χ2v) is 9.08. The molecule has 0 saturated carbocycles. The number of hydrogen-bond acceptors (Lipinski definition) is 6. The Kier molecular flexibility index (Phi) is 8.42. The van der Waals surface area contributed by atoms with Crippen molar-refractivity contribution in [2.75, 3.05) is 13.7 Å². The van der Waals surface area contributed by atoms with Crippen molar-refractivity contribution in [2.24, 2.45) is 5.92 Å². The van der Waals surface area contributed by atoms with E-state index in [0.717, 1.165) is 6.42 Å². The first-order chi connectivity index (χ1) is 13.8. The van der Waals surface area contributed by atoms with Crippen LogP contribution in [0.5, 0.6) is 0 Å². The molecule has 1 aliphatic heterocycles. The second-order valence-electron chi connectivity index (χ2n) is 9.08. The number of carbonyl (C=O) groups excluding carboxylic acids is 3. The van der Waals surface area contributed by atoms with Gasteiger partial charge in [0, 0.05) is 26.5 Å². The summed E-state index contributed by atoms with van der Waals surface area (Å²) in [7, 11) is 1.47. The zero-order chi connectivity index (χ0) is 23.3. The number of amides is 2. The number of aliphatic carboxylic acids is 1. The van der Waals surface area contributed by atoms with Crippen molar-refractivity contribution >= 4 is 24.3 Å². The van der Waals surface area contributed by atoms with Crippen LogP contribution in [0.4, 0.5) is 4.79 Å². The molecule has 9 heteroatoms. The number of rotatable bonds is 9. The van der Waals surface area contributed by atoms with Crippen LogP contribution in [0, 0.1) is 5.92 Å². The summed E-state index contributed by atoms with van der Waals surface area (Å²) in [5.74, 6) is -2.14. The van der Waals surface area contributed by atoms with Gasteiger partial charge in [0.15, 0.2) is 0 Å². The van der Waals surface area contributed by atoms with Gasteiger partial charge in [-0.15, -0.1) is 0 Å². The van der Waals surface area contributed by atoms with E-state index in [9.17, 15) is 24.3 Å². The van der Waals surface area contributed by atoms with Gasteiger partial charge < -0.3 is 24.7 Å². The highest BCUT2D eigenvalue weighted by Crippen LogP contribution is 2.46. The van der Waals surface area contributed by atoms with E-state index in [1.165, 1.54) is 18.9 Å². The van der Waals surface area contributed by atoms with Crippen molar-refractivity contribution in [1.82, 2.24) is 10.2 Å². The lowest BCUT2D eigenvalue weighted by molar-refractivity contribution is -0.151. The van der Waals surface area contributed by atoms with Gasteiger partial charge in [-0.05, 0) is 40.5 Å². The third-order valence-electron chi connectivity index (χ3n) is 5.78. The average molecular weight is 429 g/mol. The molecule has 2 amide bonds. The molecule has 2 N–H and O–H groups in total. The normalized spacial score (nSPS) is 24.6. The first kappa shape index (κ1) is 25.9. The number of aldehydes is 1. The molecule has 1 rings (SSSR count). The molecule has 0 aromatic carbocycles. The number of nitrogens with zero attached hydrogens (tertiary/aromatic N) is 1. The van der Waals surface area contributed by atoms with Gasteiger partial charge in [0.05, 0.1) is 18.1 Å². The van der Waals surface area contributed by atoms with Crippen LogP contribution in [-0.4, -0.2) is 70.7 Å². The molecule has 0 spiro atoms. The maximum atomic E-state index is 12.9. The summed E-state index contributed by atoms with van der Waals surface area (Å²) in [4.78, 5) is 50.2. The lowest BCUT2D eigenvalue weighted by Crippen LogP contribution is -2.64. The summed E-state index contributed by atoms with van der Waals surface area (Å²) in [6.07, 6.45) is 0.821. The van der Waals surface area contributed by atoms with Crippen molar-refractivity contribution in [1.29, 1.82) is 0 Å². The fourth-order valence-corrected chi connectivity index (χ4v) is 4.48. The Morgan fingerprint density at radius 2 is 1.90 bits per heavy atom. The topological polar surface area (TPSA) is 122 Å². The lowest BCUT2D eigenvalue weighted by Gasteiger charge is -2.48. The Morgan fingerprint density at radius 3 is 2.30 bits per heavy atom. The number of carboxylic acids is 1. The minimum atomic E-state index is -1.66. The van der Waals surface area contributed by atoms with Crippen LogP contribution < -0.4 is 5.32 Å². The number of methoxy groups -OCH3 is 1. The van der Waals surface area contributed by atoms with Crippen LogP contribution in [-0.2, 0) is 23.9 Å². The van der Waals surface area contributed by atoms with Crippen LogP contribution in [0.3, 0.4) is 0 Å². The van der Waals surface area contributed by atoms with Gasteiger partial charge in [0.1, 0.15) is 17.4 Å². The van der Waals surface area contributed by atoms with E-state index in [1.54, 1.807) is 27.7 Å². The molecular formula is C21H36N2O7. The van der Waals surface area contributed by atoms with Crippen molar-refractivity contribution in [3.8, 4) is 0 Å². The Hall–Kier alpha value is -2.16. The lowest BCUT2D eigenvalue weighted by atomic mass is 9.69. The molecule has 9 nitrogen and oxygen atoms in total. The fraction of sp³-hybridized carbons (Fsp3) is 0.810. The summed E-state index contributed by atoms with van der Waals surface area (Å²) in [6, 6.07) is -0.471. The number of nitrogens with one attached hydrogen (secondary N) is 1. The third kappa shape index (κ3) is 5.50. The standard InChI is InChI=1S/C21H36N2O7/c1-8-9-16(22-14(2)25)20(6,29-7)15-10-11-23(18(28)30-19(3,4)5)21(15,13-24)12-17(26)27/h13,15-16H,8-12H2,1-7H3,(H,22,25)(H,26,27)/t15-,16+,20-,21+/m1/s1. The zero-order valence-electron chi connectivity index (χ0n) is 19.1. The maximum Gasteiger partial charge on any atom is 0.411 e. The summed E-state index contributed by atoms with van der Waals surface area (Å²) in [5, 5.41) is 12.5. The molecule has 30 heavy (non-hydrogen) atoms. The molecule has 1 fully saturated rings. The highest BCUT2D eigenvalue weighted by Gasteiger charge is 2.61. The monoisotopic (exact) mass is 428 g/mol. The smallest absolute Gasteiger partial charge is 0.411 e. The van der Waals surface area contributed by atoms with E-state index in [4.69, 9.17) is 9.47 Å². The molecule has 172 valence electrons. The number of carbonyl (C=O) groups is 4. The SMILES string of the molecule is CCC[C@H](NC(C)=O)[C@](C)(OC)[C@H]1CCN(C(=O)OC(C)(C)C)[C@]1(C=O)CC(=O)O. The molecule has 1 saturated heterocycles. The van der Waals surface area contributed by atoms with Crippen LogP contribution in [0.1, 0.15) is 67.2 Å².